The van der Waals surface area contributed by atoms with E-state index in [-0.39, 0.29) is 5.75 Å². The maximum atomic E-state index is 11.9. The third-order valence-electron chi connectivity index (χ3n) is 1.87. The van der Waals surface area contributed by atoms with E-state index in [1.165, 1.54) is 18.5 Å². The molecule has 0 aliphatic rings. The molecular formula is C9H6F3N3O2. The molecule has 17 heavy (non-hydrogen) atoms. The molecule has 0 unspecified atom stereocenters. The Balaban J connectivity index is 2.25. The Morgan fingerprint density at radius 2 is 1.88 bits per heavy atom. The molecular weight excluding hydrogens is 239 g/mol. The molecule has 2 rings (SSSR count). The average Bonchev–Trinajstić information content (AvgIpc) is 2.63. The highest BCUT2D eigenvalue weighted by atomic mass is 19.4. The van der Waals surface area contributed by atoms with Crippen LogP contribution >= 0.6 is 0 Å². The van der Waals surface area contributed by atoms with Gasteiger partial charge in [-0.1, -0.05) is 0 Å². The van der Waals surface area contributed by atoms with Crippen molar-refractivity contribution in [1.82, 2.24) is 14.8 Å². The Bertz CT molecular complexity index is 556. The summed E-state index contributed by atoms with van der Waals surface area (Å²) in [6.07, 6.45) is -3.55. The van der Waals surface area contributed by atoms with E-state index in [1.807, 2.05) is 0 Å². The van der Waals surface area contributed by atoms with Gasteiger partial charge < -0.3 is 4.74 Å². The summed E-state index contributed by atoms with van der Waals surface area (Å²) >= 11 is 0. The molecule has 0 amide bonds. The monoisotopic (exact) mass is 245 g/mol. The smallest absolute Gasteiger partial charge is 0.406 e. The Kier molecular flexibility index (Phi) is 2.62. The van der Waals surface area contributed by atoms with Crippen LogP contribution in [0.2, 0.25) is 0 Å². The predicted molar refractivity (Wildman–Crippen MR) is 50.9 cm³/mol. The van der Waals surface area contributed by atoms with Crippen molar-refractivity contribution in [3.8, 4) is 11.4 Å². The predicted octanol–water partition coefficient (Wildman–Crippen LogP) is 1.46. The van der Waals surface area contributed by atoms with Crippen LogP contribution in [0.3, 0.4) is 0 Å². The lowest BCUT2D eigenvalue weighted by molar-refractivity contribution is -0.274. The summed E-state index contributed by atoms with van der Waals surface area (Å²) in [5.74, 6) is -0.357. The SMILES string of the molecule is O=c1[nH]cnn1-c1ccc(OC(F)(F)F)cc1. The van der Waals surface area contributed by atoms with Crippen molar-refractivity contribution >= 4 is 0 Å². The van der Waals surface area contributed by atoms with E-state index in [0.29, 0.717) is 5.69 Å². The lowest BCUT2D eigenvalue weighted by atomic mass is 10.3. The van der Waals surface area contributed by atoms with Gasteiger partial charge in [-0.3, -0.25) is 4.98 Å². The van der Waals surface area contributed by atoms with Crippen LogP contribution in [0.5, 0.6) is 5.75 Å². The van der Waals surface area contributed by atoms with Gasteiger partial charge in [0.15, 0.2) is 0 Å². The Hall–Kier alpha value is -2.25. The second-order valence-corrected chi connectivity index (χ2v) is 3.05. The van der Waals surface area contributed by atoms with E-state index < -0.39 is 12.1 Å². The number of ether oxygens (including phenoxy) is 1. The van der Waals surface area contributed by atoms with Crippen molar-refractivity contribution in [2.24, 2.45) is 0 Å². The second-order valence-electron chi connectivity index (χ2n) is 3.05. The fourth-order valence-electron chi connectivity index (χ4n) is 1.23. The van der Waals surface area contributed by atoms with Crippen LogP contribution < -0.4 is 10.4 Å². The van der Waals surface area contributed by atoms with Crippen LogP contribution in [0.1, 0.15) is 0 Å². The summed E-state index contributed by atoms with van der Waals surface area (Å²) in [5.41, 5.74) is -0.139. The van der Waals surface area contributed by atoms with Gasteiger partial charge in [0.1, 0.15) is 12.1 Å². The fraction of sp³-hybridized carbons (Fsp3) is 0.111. The van der Waals surface area contributed by atoms with Crippen LogP contribution in [0.15, 0.2) is 35.4 Å². The topological polar surface area (TPSA) is 59.9 Å². The molecule has 1 aromatic heterocycles. The largest absolute Gasteiger partial charge is 0.573 e. The lowest BCUT2D eigenvalue weighted by Crippen LogP contribution is -2.18. The molecule has 1 N–H and O–H groups in total. The van der Waals surface area contributed by atoms with Crippen molar-refractivity contribution in [3.63, 3.8) is 0 Å². The molecule has 90 valence electrons. The molecule has 2 aromatic rings. The Morgan fingerprint density at radius 1 is 1.24 bits per heavy atom. The standard InChI is InChI=1S/C9H6F3N3O2/c10-9(11,12)17-7-3-1-6(2-4-7)15-8(16)13-5-14-15/h1-5H,(H,13,14,16). The molecule has 0 spiro atoms. The first kappa shape index (κ1) is 11.2. The molecule has 0 fully saturated rings. The third-order valence-corrected chi connectivity index (χ3v) is 1.87. The number of halogens is 3. The van der Waals surface area contributed by atoms with Gasteiger partial charge in [0.2, 0.25) is 0 Å². The van der Waals surface area contributed by atoms with Gasteiger partial charge in [-0.15, -0.1) is 13.2 Å². The van der Waals surface area contributed by atoms with Gasteiger partial charge in [-0.2, -0.15) is 9.78 Å². The zero-order valence-corrected chi connectivity index (χ0v) is 8.23. The molecule has 0 saturated heterocycles. The highest BCUT2D eigenvalue weighted by Gasteiger charge is 2.30. The number of aromatic nitrogens is 3. The van der Waals surface area contributed by atoms with E-state index in [2.05, 4.69) is 14.8 Å². The molecule has 8 heteroatoms. The number of nitrogens with one attached hydrogen (secondary N) is 1. The molecule has 1 heterocycles. The number of aromatic amines is 1. The molecule has 5 nitrogen and oxygen atoms in total. The maximum absolute atomic E-state index is 11.9. The molecule has 0 aliphatic heterocycles. The minimum absolute atomic E-state index is 0.339. The Labute approximate surface area is 92.5 Å². The number of nitrogens with zero attached hydrogens (tertiary/aromatic N) is 2. The van der Waals surface area contributed by atoms with E-state index >= 15 is 0 Å². The number of hydrogen-bond acceptors (Lipinski definition) is 3. The second kappa shape index (κ2) is 3.96. The molecule has 0 aliphatic carbocycles. The van der Waals surface area contributed by atoms with Crippen LogP contribution in [0.4, 0.5) is 13.2 Å². The van der Waals surface area contributed by atoms with Gasteiger partial charge in [0, 0.05) is 0 Å². The zero-order chi connectivity index (χ0) is 12.5. The van der Waals surface area contributed by atoms with Crippen LogP contribution in [-0.2, 0) is 0 Å². The minimum atomic E-state index is -4.73. The first-order chi connectivity index (χ1) is 7.96. The highest BCUT2D eigenvalue weighted by molar-refractivity contribution is 5.36. The summed E-state index contributed by atoms with van der Waals surface area (Å²) in [5, 5.41) is 3.68. The summed E-state index contributed by atoms with van der Waals surface area (Å²) < 4.78 is 40.4. The van der Waals surface area contributed by atoms with Crippen molar-refractivity contribution in [2.75, 3.05) is 0 Å². The van der Waals surface area contributed by atoms with Gasteiger partial charge in [0.05, 0.1) is 5.69 Å². The highest BCUT2D eigenvalue weighted by Crippen LogP contribution is 2.23. The molecule has 1 aromatic carbocycles. The Morgan fingerprint density at radius 3 is 2.35 bits per heavy atom. The lowest BCUT2D eigenvalue weighted by Gasteiger charge is -2.08. The maximum Gasteiger partial charge on any atom is 0.573 e. The molecule has 0 radical (unpaired) electrons. The van der Waals surface area contributed by atoms with Gasteiger partial charge in [-0.25, -0.2) is 4.79 Å². The van der Waals surface area contributed by atoms with E-state index in [1.54, 1.807) is 0 Å². The number of benzene rings is 1. The van der Waals surface area contributed by atoms with Gasteiger partial charge in [-0.05, 0) is 24.3 Å². The van der Waals surface area contributed by atoms with Crippen molar-refractivity contribution in [2.45, 2.75) is 6.36 Å². The normalized spacial score (nSPS) is 11.5. The summed E-state index contributed by atoms with van der Waals surface area (Å²) in [4.78, 5) is 13.5. The van der Waals surface area contributed by atoms with Crippen LogP contribution in [0.25, 0.3) is 5.69 Å². The molecule has 0 saturated carbocycles. The number of alkyl halides is 3. The first-order valence-electron chi connectivity index (χ1n) is 4.44. The minimum Gasteiger partial charge on any atom is -0.406 e. The van der Waals surface area contributed by atoms with Crippen LogP contribution in [-0.4, -0.2) is 21.1 Å². The van der Waals surface area contributed by atoms with Crippen molar-refractivity contribution in [3.05, 3.63) is 41.1 Å². The van der Waals surface area contributed by atoms with Crippen molar-refractivity contribution in [1.29, 1.82) is 0 Å². The van der Waals surface area contributed by atoms with E-state index in [4.69, 9.17) is 0 Å². The van der Waals surface area contributed by atoms with E-state index in [0.717, 1.165) is 16.8 Å². The van der Waals surface area contributed by atoms with Gasteiger partial charge in [0.25, 0.3) is 0 Å². The summed E-state index contributed by atoms with van der Waals surface area (Å²) in [6.45, 7) is 0. The van der Waals surface area contributed by atoms with Gasteiger partial charge >= 0.3 is 12.1 Å². The first-order valence-corrected chi connectivity index (χ1v) is 4.44. The number of H-pyrrole nitrogens is 1. The molecule has 0 bridgehead atoms. The van der Waals surface area contributed by atoms with Crippen molar-refractivity contribution < 1.29 is 17.9 Å². The summed E-state index contributed by atoms with van der Waals surface area (Å²) in [7, 11) is 0. The van der Waals surface area contributed by atoms with E-state index in [9.17, 15) is 18.0 Å². The average molecular weight is 245 g/mol. The zero-order valence-electron chi connectivity index (χ0n) is 8.23. The molecule has 0 atom stereocenters. The number of hydrogen-bond donors (Lipinski definition) is 1. The third kappa shape index (κ3) is 2.65. The number of rotatable bonds is 2. The fourth-order valence-corrected chi connectivity index (χ4v) is 1.23. The van der Waals surface area contributed by atoms with Crippen LogP contribution in [0, 0.1) is 0 Å². The summed E-state index contributed by atoms with van der Waals surface area (Å²) in [6, 6.07) is 4.79. The quantitative estimate of drug-likeness (QED) is 0.871.